The minimum Gasteiger partial charge on any atom is -0.307 e. The highest BCUT2D eigenvalue weighted by Crippen LogP contribution is 2.24. The first kappa shape index (κ1) is 13.2. The number of nitrogens with one attached hydrogen (secondary N) is 2. The summed E-state index contributed by atoms with van der Waals surface area (Å²) in [5.41, 5.74) is 0. The fourth-order valence-electron chi connectivity index (χ4n) is 2.84. The lowest BCUT2D eigenvalue weighted by Gasteiger charge is -2.25. The van der Waals surface area contributed by atoms with Crippen LogP contribution >= 0.6 is 11.6 Å². The Morgan fingerprint density at radius 3 is 1.74 bits per heavy atom. The number of piperidine rings is 2. The Bertz CT molecular complexity index is 391. The van der Waals surface area contributed by atoms with Gasteiger partial charge in [-0.05, 0) is 50.4 Å². The largest absolute Gasteiger partial charge is 0.307 e. The van der Waals surface area contributed by atoms with E-state index >= 15 is 0 Å². The summed E-state index contributed by atoms with van der Waals surface area (Å²) in [7, 11) is 0. The Balaban J connectivity index is 1.82. The Morgan fingerprint density at radius 2 is 1.32 bits per heavy atom. The maximum atomic E-state index is 6.07. The van der Waals surface area contributed by atoms with Gasteiger partial charge in [0.1, 0.15) is 0 Å². The maximum absolute atomic E-state index is 6.07. The molecule has 1 aromatic rings. The van der Waals surface area contributed by atoms with E-state index in [9.17, 15) is 0 Å². The van der Waals surface area contributed by atoms with Crippen LogP contribution in [-0.2, 0) is 0 Å². The minimum absolute atomic E-state index is 0.233. The molecule has 3 rings (SSSR count). The van der Waals surface area contributed by atoms with Crippen molar-refractivity contribution >= 4 is 11.6 Å². The van der Waals surface area contributed by atoms with Gasteiger partial charge in [0.05, 0.1) is 12.1 Å². The number of halogens is 1. The van der Waals surface area contributed by atoms with E-state index in [0.29, 0.717) is 5.28 Å². The second-order valence-electron chi connectivity index (χ2n) is 5.33. The summed E-state index contributed by atoms with van der Waals surface area (Å²) >= 11 is 6.07. The van der Waals surface area contributed by atoms with E-state index in [0.717, 1.165) is 37.6 Å². The van der Waals surface area contributed by atoms with Crippen molar-refractivity contribution in [2.45, 2.75) is 50.6 Å². The zero-order chi connectivity index (χ0) is 13.1. The first-order valence-electron chi connectivity index (χ1n) is 7.21. The fraction of sp³-hybridized carbons (Fsp3) is 0.769. The third kappa shape index (κ3) is 3.22. The first-order chi connectivity index (χ1) is 9.33. The van der Waals surface area contributed by atoms with Crippen LogP contribution in [-0.4, -0.2) is 28.0 Å². The van der Waals surface area contributed by atoms with Crippen molar-refractivity contribution in [1.82, 2.24) is 25.6 Å². The lowest BCUT2D eigenvalue weighted by Crippen LogP contribution is -2.31. The molecule has 2 aliphatic rings. The normalized spacial score (nSPS) is 28.3. The Kier molecular flexibility index (Phi) is 4.25. The van der Waals surface area contributed by atoms with Crippen LogP contribution in [0, 0.1) is 0 Å². The molecule has 2 fully saturated rings. The zero-order valence-corrected chi connectivity index (χ0v) is 11.8. The number of hydrogen-bond acceptors (Lipinski definition) is 5. The van der Waals surface area contributed by atoms with Crippen LogP contribution in [0.3, 0.4) is 0 Å². The fourth-order valence-corrected chi connectivity index (χ4v) is 3.01. The molecule has 2 saturated heterocycles. The van der Waals surface area contributed by atoms with Crippen LogP contribution in [0.5, 0.6) is 0 Å². The summed E-state index contributed by atoms with van der Waals surface area (Å²) in [6.45, 7) is 2.07. The van der Waals surface area contributed by atoms with Crippen molar-refractivity contribution in [3.05, 3.63) is 16.9 Å². The van der Waals surface area contributed by atoms with E-state index in [2.05, 4.69) is 25.6 Å². The Morgan fingerprint density at radius 1 is 0.789 bits per heavy atom. The summed E-state index contributed by atoms with van der Waals surface area (Å²) in [6, 6.07) is 0.466. The summed E-state index contributed by atoms with van der Waals surface area (Å²) in [5, 5.41) is 7.24. The molecule has 2 unspecified atom stereocenters. The third-order valence-electron chi connectivity index (χ3n) is 3.89. The topological polar surface area (TPSA) is 62.7 Å². The Labute approximate surface area is 118 Å². The molecule has 0 radical (unpaired) electrons. The van der Waals surface area contributed by atoms with Crippen molar-refractivity contribution in [3.8, 4) is 0 Å². The zero-order valence-electron chi connectivity index (χ0n) is 11.0. The van der Waals surface area contributed by atoms with Crippen molar-refractivity contribution in [3.63, 3.8) is 0 Å². The van der Waals surface area contributed by atoms with Gasteiger partial charge in [0, 0.05) is 0 Å². The third-order valence-corrected chi connectivity index (χ3v) is 4.06. The minimum atomic E-state index is 0.233. The monoisotopic (exact) mass is 281 g/mol. The molecule has 0 saturated carbocycles. The first-order valence-corrected chi connectivity index (χ1v) is 7.59. The molecule has 2 N–H and O–H groups in total. The van der Waals surface area contributed by atoms with Gasteiger partial charge in [0.25, 0.3) is 0 Å². The second kappa shape index (κ2) is 6.11. The van der Waals surface area contributed by atoms with Crippen LogP contribution in [0.4, 0.5) is 0 Å². The summed E-state index contributed by atoms with van der Waals surface area (Å²) < 4.78 is 0. The average Bonchev–Trinajstić information content (AvgIpc) is 2.48. The van der Waals surface area contributed by atoms with E-state index in [1.807, 2.05) is 0 Å². The molecule has 0 amide bonds. The number of aromatic nitrogens is 3. The van der Waals surface area contributed by atoms with E-state index in [4.69, 9.17) is 11.6 Å². The van der Waals surface area contributed by atoms with Gasteiger partial charge in [0.2, 0.25) is 5.28 Å². The average molecular weight is 282 g/mol. The van der Waals surface area contributed by atoms with Crippen LogP contribution in [0.2, 0.25) is 5.28 Å². The van der Waals surface area contributed by atoms with Crippen LogP contribution in [0.25, 0.3) is 0 Å². The van der Waals surface area contributed by atoms with Gasteiger partial charge in [0.15, 0.2) is 11.6 Å². The van der Waals surface area contributed by atoms with Gasteiger partial charge in [-0.15, -0.1) is 0 Å². The number of hydrogen-bond donors (Lipinski definition) is 2. The van der Waals surface area contributed by atoms with E-state index < -0.39 is 0 Å². The lowest BCUT2D eigenvalue weighted by atomic mass is 10.0. The highest BCUT2D eigenvalue weighted by atomic mass is 35.5. The van der Waals surface area contributed by atoms with E-state index in [1.54, 1.807) is 0 Å². The van der Waals surface area contributed by atoms with Crippen LogP contribution < -0.4 is 10.6 Å². The molecule has 6 heteroatoms. The molecule has 0 aliphatic carbocycles. The van der Waals surface area contributed by atoms with Gasteiger partial charge >= 0.3 is 0 Å². The molecule has 0 spiro atoms. The number of rotatable bonds is 2. The SMILES string of the molecule is Clc1nc(C2CCCCN2)nc(C2CCCCN2)n1. The van der Waals surface area contributed by atoms with E-state index in [-0.39, 0.29) is 12.1 Å². The lowest BCUT2D eigenvalue weighted by molar-refractivity contribution is 0.377. The van der Waals surface area contributed by atoms with Gasteiger partial charge < -0.3 is 10.6 Å². The van der Waals surface area contributed by atoms with Crippen LogP contribution in [0.15, 0.2) is 0 Å². The molecule has 104 valence electrons. The maximum Gasteiger partial charge on any atom is 0.225 e. The van der Waals surface area contributed by atoms with Crippen molar-refractivity contribution in [2.24, 2.45) is 0 Å². The molecule has 0 aromatic carbocycles. The van der Waals surface area contributed by atoms with Gasteiger partial charge in [-0.3, -0.25) is 0 Å². The number of nitrogens with zero attached hydrogens (tertiary/aromatic N) is 3. The molecular weight excluding hydrogens is 262 g/mol. The van der Waals surface area contributed by atoms with Crippen molar-refractivity contribution in [2.75, 3.05) is 13.1 Å². The van der Waals surface area contributed by atoms with Gasteiger partial charge in [-0.1, -0.05) is 12.8 Å². The molecule has 1 aromatic heterocycles. The summed E-state index contributed by atoms with van der Waals surface area (Å²) in [5.74, 6) is 1.61. The van der Waals surface area contributed by atoms with E-state index in [1.165, 1.54) is 25.7 Å². The van der Waals surface area contributed by atoms with Gasteiger partial charge in [-0.2, -0.15) is 0 Å². The molecule has 2 aliphatic heterocycles. The summed E-state index contributed by atoms with van der Waals surface area (Å²) in [6.07, 6.45) is 7.06. The molecule has 0 bridgehead atoms. The molecule has 19 heavy (non-hydrogen) atoms. The molecule has 2 atom stereocenters. The second-order valence-corrected chi connectivity index (χ2v) is 5.66. The predicted octanol–water partition coefficient (Wildman–Crippen LogP) is 2.15. The predicted molar refractivity (Wildman–Crippen MR) is 74.0 cm³/mol. The standard InChI is InChI=1S/C13H20ClN5/c14-13-18-11(9-5-1-3-7-15-9)17-12(19-13)10-6-2-4-8-16-10/h9-10,15-16H,1-8H2. The summed E-state index contributed by atoms with van der Waals surface area (Å²) in [4.78, 5) is 13.3. The highest BCUT2D eigenvalue weighted by molar-refractivity contribution is 6.28. The quantitative estimate of drug-likeness (QED) is 0.870. The Hall–Kier alpha value is -0.780. The van der Waals surface area contributed by atoms with Crippen molar-refractivity contribution in [1.29, 1.82) is 0 Å². The smallest absolute Gasteiger partial charge is 0.225 e. The van der Waals surface area contributed by atoms with Crippen molar-refractivity contribution < 1.29 is 0 Å². The van der Waals surface area contributed by atoms with Gasteiger partial charge in [-0.25, -0.2) is 15.0 Å². The van der Waals surface area contributed by atoms with Crippen LogP contribution in [0.1, 0.15) is 62.3 Å². The molecular formula is C13H20ClN5. The molecule has 3 heterocycles. The molecule has 5 nitrogen and oxygen atoms in total. The highest BCUT2D eigenvalue weighted by Gasteiger charge is 2.23.